The Hall–Kier alpha value is -1.33. The Bertz CT molecular complexity index is 403. The second-order valence-corrected chi connectivity index (χ2v) is 5.77. The first kappa shape index (κ1) is 15.1. The zero-order valence-electron chi connectivity index (χ0n) is 12.4. The van der Waals surface area contributed by atoms with Crippen LogP contribution >= 0.6 is 0 Å². The Morgan fingerprint density at radius 1 is 1.60 bits per heavy atom. The van der Waals surface area contributed by atoms with E-state index in [0.717, 1.165) is 32.7 Å². The number of amides is 1. The van der Waals surface area contributed by atoms with E-state index in [4.69, 9.17) is 4.74 Å². The molecule has 2 rings (SSSR count). The number of aromatic nitrogens is 1. The molecule has 5 heteroatoms. The summed E-state index contributed by atoms with van der Waals surface area (Å²) in [6.07, 6.45) is 2.84. The maximum Gasteiger partial charge on any atom is 0.267 e. The fourth-order valence-corrected chi connectivity index (χ4v) is 2.55. The first-order valence-corrected chi connectivity index (χ1v) is 7.40. The molecule has 0 aliphatic carbocycles. The van der Waals surface area contributed by atoms with E-state index < -0.39 is 0 Å². The molecule has 112 valence electrons. The molecule has 0 saturated carbocycles. The molecule has 1 aromatic rings. The number of nitrogens with one attached hydrogen (secondary N) is 2. The van der Waals surface area contributed by atoms with E-state index in [0.29, 0.717) is 18.2 Å². The summed E-state index contributed by atoms with van der Waals surface area (Å²) in [7, 11) is 0. The minimum Gasteiger partial charge on any atom is -0.375 e. The molecule has 0 bridgehead atoms. The molecule has 20 heavy (non-hydrogen) atoms. The predicted molar refractivity (Wildman–Crippen MR) is 78.8 cm³/mol. The minimum atomic E-state index is -0.0511. The summed E-state index contributed by atoms with van der Waals surface area (Å²) < 4.78 is 5.76. The van der Waals surface area contributed by atoms with Gasteiger partial charge in [-0.3, -0.25) is 9.69 Å². The topological polar surface area (TPSA) is 57.4 Å². The largest absolute Gasteiger partial charge is 0.375 e. The van der Waals surface area contributed by atoms with E-state index in [1.54, 1.807) is 12.3 Å². The molecule has 0 spiro atoms. The molecule has 1 aromatic heterocycles. The zero-order valence-corrected chi connectivity index (χ0v) is 12.4. The molecule has 0 radical (unpaired) electrons. The second kappa shape index (κ2) is 7.45. The van der Waals surface area contributed by atoms with Gasteiger partial charge in [0, 0.05) is 32.4 Å². The smallest absolute Gasteiger partial charge is 0.267 e. The van der Waals surface area contributed by atoms with E-state index >= 15 is 0 Å². The van der Waals surface area contributed by atoms with Crippen LogP contribution in [0.2, 0.25) is 0 Å². The highest BCUT2D eigenvalue weighted by Crippen LogP contribution is 2.10. The van der Waals surface area contributed by atoms with Crippen LogP contribution in [0.15, 0.2) is 18.3 Å². The van der Waals surface area contributed by atoms with Crippen molar-refractivity contribution in [1.82, 2.24) is 15.2 Å². The van der Waals surface area contributed by atoms with Crippen LogP contribution in [-0.4, -0.2) is 54.7 Å². The van der Waals surface area contributed by atoms with Crippen molar-refractivity contribution < 1.29 is 9.53 Å². The molecule has 1 fully saturated rings. The highest BCUT2D eigenvalue weighted by atomic mass is 16.5. The summed E-state index contributed by atoms with van der Waals surface area (Å²) in [5, 5.41) is 2.92. The second-order valence-electron chi connectivity index (χ2n) is 5.77. The van der Waals surface area contributed by atoms with E-state index in [2.05, 4.69) is 29.0 Å². The lowest BCUT2D eigenvalue weighted by molar-refractivity contribution is -0.0344. The molecule has 1 unspecified atom stereocenters. The maximum absolute atomic E-state index is 11.8. The fraction of sp³-hybridized carbons (Fsp3) is 0.667. The number of carbonyl (C=O) groups excluding carboxylic acids is 1. The first-order chi connectivity index (χ1) is 9.65. The number of morpholine rings is 1. The van der Waals surface area contributed by atoms with E-state index in [1.807, 2.05) is 6.07 Å². The van der Waals surface area contributed by atoms with Gasteiger partial charge in [0.05, 0.1) is 12.7 Å². The summed E-state index contributed by atoms with van der Waals surface area (Å²) in [6, 6.07) is 3.60. The summed E-state index contributed by atoms with van der Waals surface area (Å²) >= 11 is 0. The van der Waals surface area contributed by atoms with Crippen LogP contribution in [-0.2, 0) is 4.74 Å². The van der Waals surface area contributed by atoms with Gasteiger partial charge in [-0.25, -0.2) is 0 Å². The number of H-pyrrole nitrogens is 1. The average Bonchev–Trinajstić information content (AvgIpc) is 2.92. The van der Waals surface area contributed by atoms with Gasteiger partial charge in [0.2, 0.25) is 0 Å². The molecule has 0 aromatic carbocycles. The van der Waals surface area contributed by atoms with Crippen molar-refractivity contribution >= 4 is 5.91 Å². The van der Waals surface area contributed by atoms with Gasteiger partial charge < -0.3 is 15.0 Å². The molecule has 1 aliphatic rings. The van der Waals surface area contributed by atoms with Crippen LogP contribution in [0.4, 0.5) is 0 Å². The number of rotatable bonds is 6. The third-order valence-corrected chi connectivity index (χ3v) is 3.44. The van der Waals surface area contributed by atoms with Gasteiger partial charge in [0.25, 0.3) is 5.91 Å². The molecular formula is C15H25N3O2. The number of hydrogen-bond acceptors (Lipinski definition) is 3. The molecule has 2 heterocycles. The Morgan fingerprint density at radius 2 is 2.45 bits per heavy atom. The van der Waals surface area contributed by atoms with Crippen LogP contribution in [0.5, 0.6) is 0 Å². The molecule has 1 amide bonds. The van der Waals surface area contributed by atoms with Crippen LogP contribution in [0.25, 0.3) is 0 Å². The van der Waals surface area contributed by atoms with Gasteiger partial charge in [-0.2, -0.15) is 0 Å². The number of hydrogen-bond donors (Lipinski definition) is 2. The van der Waals surface area contributed by atoms with Gasteiger partial charge in [0.15, 0.2) is 0 Å². The van der Waals surface area contributed by atoms with Crippen molar-refractivity contribution in [2.24, 2.45) is 5.92 Å². The number of nitrogens with zero attached hydrogens (tertiary/aromatic N) is 1. The van der Waals surface area contributed by atoms with E-state index in [1.165, 1.54) is 0 Å². The Balaban J connectivity index is 1.67. The summed E-state index contributed by atoms with van der Waals surface area (Å²) in [4.78, 5) is 17.1. The molecular weight excluding hydrogens is 254 g/mol. The fourth-order valence-electron chi connectivity index (χ4n) is 2.55. The van der Waals surface area contributed by atoms with Crippen LogP contribution in [0, 0.1) is 5.92 Å². The average molecular weight is 279 g/mol. The molecule has 2 N–H and O–H groups in total. The Labute approximate surface area is 120 Å². The summed E-state index contributed by atoms with van der Waals surface area (Å²) in [5.41, 5.74) is 0.607. The lowest BCUT2D eigenvalue weighted by atomic mass is 10.1. The zero-order chi connectivity index (χ0) is 14.4. The van der Waals surface area contributed by atoms with Crippen molar-refractivity contribution in [2.45, 2.75) is 26.4 Å². The third-order valence-electron chi connectivity index (χ3n) is 3.44. The minimum absolute atomic E-state index is 0.0511. The normalized spacial score (nSPS) is 20.2. The molecule has 1 saturated heterocycles. The Morgan fingerprint density at radius 3 is 3.15 bits per heavy atom. The highest BCUT2D eigenvalue weighted by molar-refractivity contribution is 5.92. The van der Waals surface area contributed by atoms with Crippen molar-refractivity contribution in [3.63, 3.8) is 0 Å². The number of ether oxygens (including phenoxy) is 1. The number of carbonyl (C=O) groups is 1. The Kier molecular flexibility index (Phi) is 5.61. The molecule has 1 aliphatic heterocycles. The molecule has 5 nitrogen and oxygen atoms in total. The lowest BCUT2D eigenvalue weighted by Crippen LogP contribution is -2.45. The van der Waals surface area contributed by atoms with Gasteiger partial charge >= 0.3 is 0 Å². The van der Waals surface area contributed by atoms with E-state index in [-0.39, 0.29) is 12.0 Å². The van der Waals surface area contributed by atoms with Crippen molar-refractivity contribution in [1.29, 1.82) is 0 Å². The summed E-state index contributed by atoms with van der Waals surface area (Å²) in [6.45, 7) is 9.02. The van der Waals surface area contributed by atoms with Gasteiger partial charge in [-0.1, -0.05) is 13.8 Å². The van der Waals surface area contributed by atoms with E-state index in [9.17, 15) is 4.79 Å². The quantitative estimate of drug-likeness (QED) is 0.829. The van der Waals surface area contributed by atoms with Gasteiger partial charge in [0.1, 0.15) is 5.69 Å². The highest BCUT2D eigenvalue weighted by Gasteiger charge is 2.20. The molecule has 1 atom stereocenters. The van der Waals surface area contributed by atoms with Crippen LogP contribution in [0.1, 0.15) is 30.8 Å². The van der Waals surface area contributed by atoms with Gasteiger partial charge in [-0.15, -0.1) is 0 Å². The number of aromatic amines is 1. The van der Waals surface area contributed by atoms with Crippen LogP contribution in [0.3, 0.4) is 0 Å². The lowest BCUT2D eigenvalue weighted by Gasteiger charge is -2.33. The first-order valence-electron chi connectivity index (χ1n) is 7.40. The van der Waals surface area contributed by atoms with Crippen LogP contribution < -0.4 is 5.32 Å². The van der Waals surface area contributed by atoms with Crippen molar-refractivity contribution in [2.75, 3.05) is 32.8 Å². The summed E-state index contributed by atoms with van der Waals surface area (Å²) in [5.74, 6) is 0.631. The standard InChI is InChI=1S/C15H25N3O2/c1-12(2)10-18-8-9-20-13(11-18)5-7-17-15(19)14-4-3-6-16-14/h3-4,6,12-13,16H,5,7-11H2,1-2H3,(H,17,19). The third kappa shape index (κ3) is 4.65. The SMILES string of the molecule is CC(C)CN1CCOC(CCNC(=O)c2ccc[nH]2)C1. The van der Waals surface area contributed by atoms with Gasteiger partial charge in [-0.05, 0) is 24.5 Å². The van der Waals surface area contributed by atoms with Crippen molar-refractivity contribution in [3.05, 3.63) is 24.0 Å². The predicted octanol–water partition coefficient (Wildman–Crippen LogP) is 1.49. The monoisotopic (exact) mass is 279 g/mol. The maximum atomic E-state index is 11.8. The van der Waals surface area contributed by atoms with Crippen molar-refractivity contribution in [3.8, 4) is 0 Å².